The second-order valence-corrected chi connectivity index (χ2v) is 6.04. The number of hydrogen-bond acceptors (Lipinski definition) is 2. The lowest BCUT2D eigenvalue weighted by atomic mass is 9.97. The summed E-state index contributed by atoms with van der Waals surface area (Å²) >= 11 is 0. The first-order valence-corrected chi connectivity index (χ1v) is 7.53. The fraction of sp³-hybridized carbons (Fsp3) is 0.588. The highest BCUT2D eigenvalue weighted by atomic mass is 16.4. The number of carboxylic acids is 1. The van der Waals surface area contributed by atoms with Crippen LogP contribution in [0.4, 0.5) is 0 Å². The second-order valence-electron chi connectivity index (χ2n) is 6.04. The van der Waals surface area contributed by atoms with E-state index in [1.807, 2.05) is 0 Å². The fourth-order valence-electron chi connectivity index (χ4n) is 3.45. The molecular formula is C17H25NO2. The van der Waals surface area contributed by atoms with Gasteiger partial charge in [-0.1, -0.05) is 36.6 Å². The maximum absolute atomic E-state index is 11.2. The molecule has 0 amide bonds. The summed E-state index contributed by atoms with van der Waals surface area (Å²) in [6.45, 7) is 6.48. The average Bonchev–Trinajstić information content (AvgIpc) is 2.88. The van der Waals surface area contributed by atoms with Gasteiger partial charge >= 0.3 is 5.97 Å². The van der Waals surface area contributed by atoms with Gasteiger partial charge in [0, 0.05) is 12.1 Å². The van der Waals surface area contributed by atoms with Crippen molar-refractivity contribution >= 4 is 5.97 Å². The maximum atomic E-state index is 11.2. The van der Waals surface area contributed by atoms with Crippen molar-refractivity contribution in [1.82, 2.24) is 4.90 Å². The monoisotopic (exact) mass is 275 g/mol. The molecule has 2 rings (SSSR count). The van der Waals surface area contributed by atoms with Gasteiger partial charge in [0.05, 0.1) is 6.54 Å². The number of carbonyl (C=O) groups is 1. The van der Waals surface area contributed by atoms with Crippen LogP contribution < -0.4 is 0 Å². The van der Waals surface area contributed by atoms with Gasteiger partial charge in [0.1, 0.15) is 0 Å². The number of rotatable bonds is 5. The van der Waals surface area contributed by atoms with E-state index in [-0.39, 0.29) is 12.6 Å². The minimum atomic E-state index is -0.728. The van der Waals surface area contributed by atoms with Crippen LogP contribution in [0.2, 0.25) is 0 Å². The molecule has 3 nitrogen and oxygen atoms in total. The molecule has 3 heteroatoms. The molecule has 1 fully saturated rings. The van der Waals surface area contributed by atoms with Crippen LogP contribution in [0.25, 0.3) is 0 Å². The smallest absolute Gasteiger partial charge is 0.317 e. The largest absolute Gasteiger partial charge is 0.480 e. The molecule has 0 radical (unpaired) electrons. The van der Waals surface area contributed by atoms with Gasteiger partial charge in [0.2, 0.25) is 0 Å². The Morgan fingerprint density at radius 1 is 1.35 bits per heavy atom. The lowest BCUT2D eigenvalue weighted by Gasteiger charge is -2.34. The number of benzene rings is 1. The van der Waals surface area contributed by atoms with Crippen LogP contribution in [0.15, 0.2) is 18.2 Å². The standard InChI is InChI=1S/C17H25NO2/c1-12-8-9-16(13(2)10-12)14(3)18(11-17(19)20)15-6-4-5-7-15/h8-10,14-15H,4-7,11H2,1-3H3,(H,19,20). The van der Waals surface area contributed by atoms with Crippen LogP contribution >= 0.6 is 0 Å². The predicted molar refractivity (Wildman–Crippen MR) is 80.9 cm³/mol. The summed E-state index contributed by atoms with van der Waals surface area (Å²) in [5.74, 6) is -0.728. The van der Waals surface area contributed by atoms with E-state index in [9.17, 15) is 9.90 Å². The van der Waals surface area contributed by atoms with Gasteiger partial charge in [-0.2, -0.15) is 0 Å². The van der Waals surface area contributed by atoms with E-state index >= 15 is 0 Å². The van der Waals surface area contributed by atoms with Gasteiger partial charge in [0.25, 0.3) is 0 Å². The van der Waals surface area contributed by atoms with Crippen LogP contribution in [0.1, 0.15) is 55.3 Å². The molecule has 20 heavy (non-hydrogen) atoms. The Labute approximate surface area is 121 Å². The van der Waals surface area contributed by atoms with Crippen molar-refractivity contribution in [2.45, 2.75) is 58.5 Å². The van der Waals surface area contributed by atoms with Crippen molar-refractivity contribution in [3.8, 4) is 0 Å². The normalized spacial score (nSPS) is 17.6. The van der Waals surface area contributed by atoms with E-state index in [0.29, 0.717) is 6.04 Å². The van der Waals surface area contributed by atoms with Crippen molar-refractivity contribution < 1.29 is 9.90 Å². The highest BCUT2D eigenvalue weighted by molar-refractivity contribution is 5.69. The van der Waals surface area contributed by atoms with Crippen molar-refractivity contribution in [2.24, 2.45) is 0 Å². The molecule has 0 heterocycles. The number of carboxylic acid groups (broad SMARTS) is 1. The van der Waals surface area contributed by atoms with E-state index in [1.165, 1.54) is 29.5 Å². The van der Waals surface area contributed by atoms with Crippen LogP contribution in [0, 0.1) is 13.8 Å². The third-order valence-corrected chi connectivity index (χ3v) is 4.48. The van der Waals surface area contributed by atoms with Gasteiger partial charge in [-0.05, 0) is 44.7 Å². The van der Waals surface area contributed by atoms with Crippen molar-refractivity contribution in [3.05, 3.63) is 34.9 Å². The summed E-state index contributed by atoms with van der Waals surface area (Å²) in [6, 6.07) is 7.03. The Hall–Kier alpha value is -1.35. The average molecular weight is 275 g/mol. The molecule has 1 unspecified atom stereocenters. The summed E-state index contributed by atoms with van der Waals surface area (Å²) in [6.07, 6.45) is 4.70. The molecule has 1 aromatic rings. The van der Waals surface area contributed by atoms with Crippen molar-refractivity contribution in [3.63, 3.8) is 0 Å². The Bertz CT molecular complexity index is 478. The fourth-order valence-corrected chi connectivity index (χ4v) is 3.45. The van der Waals surface area contributed by atoms with Crippen LogP contribution in [-0.4, -0.2) is 28.6 Å². The summed E-state index contributed by atoms with van der Waals surface area (Å²) < 4.78 is 0. The predicted octanol–water partition coefficient (Wildman–Crippen LogP) is 3.69. The lowest BCUT2D eigenvalue weighted by Crippen LogP contribution is -2.39. The molecule has 0 aromatic heterocycles. The van der Waals surface area contributed by atoms with Crippen LogP contribution in [-0.2, 0) is 4.79 Å². The van der Waals surface area contributed by atoms with Crippen LogP contribution in [0.3, 0.4) is 0 Å². The lowest BCUT2D eigenvalue weighted by molar-refractivity contribution is -0.139. The Morgan fingerprint density at radius 3 is 2.55 bits per heavy atom. The summed E-state index contributed by atoms with van der Waals surface area (Å²) in [4.78, 5) is 13.4. The second kappa shape index (κ2) is 6.40. The first-order valence-electron chi connectivity index (χ1n) is 7.53. The first-order chi connectivity index (χ1) is 9.49. The minimum absolute atomic E-state index is 0.138. The molecule has 1 N–H and O–H groups in total. The molecule has 0 aliphatic heterocycles. The Balaban J connectivity index is 2.24. The van der Waals surface area contributed by atoms with Crippen molar-refractivity contribution in [1.29, 1.82) is 0 Å². The number of aliphatic carboxylic acids is 1. The molecule has 0 spiro atoms. The molecule has 1 aliphatic rings. The summed E-state index contributed by atoms with van der Waals surface area (Å²) in [7, 11) is 0. The van der Waals surface area contributed by atoms with E-state index < -0.39 is 5.97 Å². The van der Waals surface area contributed by atoms with Gasteiger partial charge in [-0.3, -0.25) is 9.69 Å². The molecule has 0 bridgehead atoms. The van der Waals surface area contributed by atoms with Crippen LogP contribution in [0.5, 0.6) is 0 Å². The molecular weight excluding hydrogens is 250 g/mol. The summed E-state index contributed by atoms with van der Waals surface area (Å²) in [5, 5.41) is 9.21. The maximum Gasteiger partial charge on any atom is 0.317 e. The highest BCUT2D eigenvalue weighted by Crippen LogP contribution is 2.32. The zero-order chi connectivity index (χ0) is 14.7. The SMILES string of the molecule is Cc1ccc(C(C)N(CC(=O)O)C2CCCC2)c(C)c1. The van der Waals surface area contributed by atoms with Gasteiger partial charge in [-0.15, -0.1) is 0 Å². The first kappa shape index (κ1) is 15.0. The van der Waals surface area contributed by atoms with Gasteiger partial charge in [-0.25, -0.2) is 0 Å². The third-order valence-electron chi connectivity index (χ3n) is 4.48. The number of hydrogen-bond donors (Lipinski definition) is 1. The van der Waals surface area contributed by atoms with E-state index in [0.717, 1.165) is 12.8 Å². The Kier molecular flexibility index (Phi) is 4.81. The quantitative estimate of drug-likeness (QED) is 0.891. The van der Waals surface area contributed by atoms with Crippen molar-refractivity contribution in [2.75, 3.05) is 6.54 Å². The highest BCUT2D eigenvalue weighted by Gasteiger charge is 2.29. The van der Waals surface area contributed by atoms with E-state index in [4.69, 9.17) is 0 Å². The van der Waals surface area contributed by atoms with Gasteiger partial charge in [0.15, 0.2) is 0 Å². The molecule has 1 saturated carbocycles. The van der Waals surface area contributed by atoms with E-state index in [1.54, 1.807) is 0 Å². The number of nitrogens with zero attached hydrogens (tertiary/aromatic N) is 1. The third kappa shape index (κ3) is 3.40. The summed E-state index contributed by atoms with van der Waals surface area (Å²) in [5.41, 5.74) is 3.76. The zero-order valence-electron chi connectivity index (χ0n) is 12.7. The van der Waals surface area contributed by atoms with Gasteiger partial charge < -0.3 is 5.11 Å². The zero-order valence-corrected chi connectivity index (χ0v) is 12.7. The molecule has 1 aliphatic carbocycles. The van der Waals surface area contributed by atoms with E-state index in [2.05, 4.69) is 43.9 Å². The Morgan fingerprint density at radius 2 is 2.00 bits per heavy atom. The molecule has 1 aromatic carbocycles. The minimum Gasteiger partial charge on any atom is -0.480 e. The number of aryl methyl sites for hydroxylation is 2. The topological polar surface area (TPSA) is 40.5 Å². The molecule has 110 valence electrons. The molecule has 0 saturated heterocycles. The molecule has 1 atom stereocenters.